The maximum absolute atomic E-state index is 13.6. The molecule has 28 heavy (non-hydrogen) atoms. The van der Waals surface area contributed by atoms with Gasteiger partial charge in [0.1, 0.15) is 10.8 Å². The Bertz CT molecular complexity index is 1160. The second-order valence-electron chi connectivity index (χ2n) is 6.82. The predicted octanol–water partition coefficient (Wildman–Crippen LogP) is 4.68. The summed E-state index contributed by atoms with van der Waals surface area (Å²) >= 11 is 1.53. The number of fused-ring (bicyclic) bond motifs is 1. The van der Waals surface area contributed by atoms with Gasteiger partial charge in [-0.25, -0.2) is 22.8 Å². The van der Waals surface area contributed by atoms with Gasteiger partial charge in [-0.05, 0) is 56.9 Å². The number of rotatable bonds is 5. The molecule has 0 aliphatic carbocycles. The van der Waals surface area contributed by atoms with Gasteiger partial charge in [0, 0.05) is 11.8 Å². The third-order valence-electron chi connectivity index (χ3n) is 4.45. The third kappa shape index (κ3) is 4.12. The van der Waals surface area contributed by atoms with Gasteiger partial charge in [0.25, 0.3) is 0 Å². The number of aromatic nitrogens is 2. The molecule has 0 bridgehead atoms. The van der Waals surface area contributed by atoms with Gasteiger partial charge in [0.05, 0.1) is 33.4 Å². The molecule has 1 N–H and O–H groups in total. The Morgan fingerprint density at radius 3 is 2.50 bits per heavy atom. The van der Waals surface area contributed by atoms with Gasteiger partial charge < -0.3 is 5.32 Å². The zero-order valence-corrected chi connectivity index (χ0v) is 18.0. The quantitative estimate of drug-likeness (QED) is 0.605. The minimum atomic E-state index is -3.58. The Morgan fingerprint density at radius 1 is 1.14 bits per heavy atom. The summed E-state index contributed by atoms with van der Waals surface area (Å²) in [5, 5.41) is 4.06. The molecule has 0 fully saturated rings. The fraction of sp³-hybridized carbons (Fsp3) is 0.300. The average molecular weight is 420 g/mol. The predicted molar refractivity (Wildman–Crippen MR) is 112 cm³/mol. The Balaban J connectivity index is 2.11. The van der Waals surface area contributed by atoms with Crippen LogP contribution in [0.3, 0.4) is 0 Å². The molecule has 0 aliphatic rings. The van der Waals surface area contributed by atoms with Crippen LogP contribution in [0.15, 0.2) is 40.3 Å². The standard InChI is InChI=1S/C20H22FN3O2S2/c1-11-8-15(19-17(9-11)23-13(3)20(24-19)27-4)12(2)22-16-7-6-14(21)10-18(16)28(5,25)26/h6-10,12,22H,1-5H3/t12-/m1/s1. The van der Waals surface area contributed by atoms with Crippen LogP contribution < -0.4 is 5.32 Å². The SMILES string of the molecule is CSc1nc2c([C@@H](C)Nc3ccc(F)cc3S(C)(=O)=O)cc(C)cc2nc1C. The van der Waals surface area contributed by atoms with E-state index in [9.17, 15) is 12.8 Å². The van der Waals surface area contributed by atoms with Crippen molar-refractivity contribution in [2.75, 3.05) is 17.8 Å². The van der Waals surface area contributed by atoms with Crippen molar-refractivity contribution < 1.29 is 12.8 Å². The molecular weight excluding hydrogens is 397 g/mol. The van der Waals surface area contributed by atoms with Gasteiger partial charge in [-0.1, -0.05) is 6.07 Å². The molecule has 1 aromatic heterocycles. The van der Waals surface area contributed by atoms with E-state index in [1.807, 2.05) is 39.2 Å². The average Bonchev–Trinajstić information content (AvgIpc) is 2.61. The number of hydrogen-bond donors (Lipinski definition) is 1. The first-order chi connectivity index (χ1) is 13.1. The summed E-state index contributed by atoms with van der Waals surface area (Å²) in [6.07, 6.45) is 3.02. The molecule has 0 unspecified atom stereocenters. The zero-order valence-electron chi connectivity index (χ0n) is 16.4. The van der Waals surface area contributed by atoms with E-state index in [0.717, 1.165) is 45.2 Å². The lowest BCUT2D eigenvalue weighted by atomic mass is 10.0. The Kier molecular flexibility index (Phi) is 5.63. The van der Waals surface area contributed by atoms with E-state index in [0.29, 0.717) is 5.69 Å². The molecule has 0 amide bonds. The lowest BCUT2D eigenvalue weighted by molar-refractivity contribution is 0.596. The normalized spacial score (nSPS) is 12.9. The van der Waals surface area contributed by atoms with E-state index < -0.39 is 15.7 Å². The van der Waals surface area contributed by atoms with Crippen molar-refractivity contribution in [3.8, 4) is 0 Å². The number of nitrogens with zero attached hydrogens (tertiary/aromatic N) is 2. The van der Waals surface area contributed by atoms with E-state index in [4.69, 9.17) is 4.98 Å². The summed E-state index contributed by atoms with van der Waals surface area (Å²) in [4.78, 5) is 9.37. The highest BCUT2D eigenvalue weighted by atomic mass is 32.2. The molecule has 0 saturated heterocycles. The minimum absolute atomic E-state index is 0.0666. The molecule has 0 spiro atoms. The van der Waals surface area contributed by atoms with Crippen LogP contribution >= 0.6 is 11.8 Å². The number of thioether (sulfide) groups is 1. The summed E-state index contributed by atoms with van der Waals surface area (Å²) in [7, 11) is -3.58. The van der Waals surface area contributed by atoms with Crippen LogP contribution in [0.5, 0.6) is 0 Å². The van der Waals surface area contributed by atoms with Crippen molar-refractivity contribution in [1.82, 2.24) is 9.97 Å². The van der Waals surface area contributed by atoms with Gasteiger partial charge in [-0.2, -0.15) is 0 Å². The molecule has 2 aromatic carbocycles. The number of anilines is 1. The third-order valence-corrected chi connectivity index (χ3v) is 6.36. The van der Waals surface area contributed by atoms with Crippen molar-refractivity contribution in [3.63, 3.8) is 0 Å². The Morgan fingerprint density at radius 2 is 1.86 bits per heavy atom. The first kappa shape index (κ1) is 20.5. The number of sulfone groups is 1. The van der Waals surface area contributed by atoms with E-state index >= 15 is 0 Å². The van der Waals surface area contributed by atoms with E-state index in [2.05, 4.69) is 10.3 Å². The summed E-state index contributed by atoms with van der Waals surface area (Å²) < 4.78 is 37.8. The van der Waals surface area contributed by atoms with E-state index in [-0.39, 0.29) is 10.9 Å². The summed E-state index contributed by atoms with van der Waals surface area (Å²) in [5.74, 6) is -0.592. The van der Waals surface area contributed by atoms with Crippen molar-refractivity contribution in [1.29, 1.82) is 0 Å². The fourth-order valence-electron chi connectivity index (χ4n) is 3.16. The molecular formula is C20H22FN3O2S2. The number of benzene rings is 2. The second-order valence-corrected chi connectivity index (χ2v) is 9.60. The molecule has 3 rings (SSSR count). The lowest BCUT2D eigenvalue weighted by Crippen LogP contribution is -2.12. The molecule has 8 heteroatoms. The van der Waals surface area contributed by atoms with Crippen LogP contribution in [0, 0.1) is 19.7 Å². The number of halogens is 1. The van der Waals surface area contributed by atoms with Gasteiger partial charge >= 0.3 is 0 Å². The second kappa shape index (κ2) is 7.67. The zero-order chi connectivity index (χ0) is 20.6. The van der Waals surface area contributed by atoms with Crippen LogP contribution in [0.2, 0.25) is 0 Å². The summed E-state index contributed by atoms with van der Waals surface area (Å²) in [6, 6.07) is 7.46. The molecule has 5 nitrogen and oxygen atoms in total. The van der Waals surface area contributed by atoms with Crippen LogP contribution in [0.25, 0.3) is 11.0 Å². The van der Waals surface area contributed by atoms with Crippen LogP contribution in [0.1, 0.15) is 29.8 Å². The van der Waals surface area contributed by atoms with Crippen molar-refractivity contribution >= 4 is 38.3 Å². The smallest absolute Gasteiger partial charge is 0.177 e. The number of nitrogens with one attached hydrogen (secondary N) is 1. The number of hydrogen-bond acceptors (Lipinski definition) is 6. The maximum atomic E-state index is 13.6. The van der Waals surface area contributed by atoms with E-state index in [1.54, 1.807) is 0 Å². The van der Waals surface area contributed by atoms with Crippen LogP contribution in [-0.4, -0.2) is 30.9 Å². The van der Waals surface area contributed by atoms with Crippen molar-refractivity contribution in [3.05, 3.63) is 53.0 Å². The Labute approximate surface area is 168 Å². The summed E-state index contributed by atoms with van der Waals surface area (Å²) in [6.45, 7) is 5.83. The largest absolute Gasteiger partial charge is 0.377 e. The molecule has 3 aromatic rings. The van der Waals surface area contributed by atoms with Gasteiger partial charge in [-0.3, -0.25) is 0 Å². The molecule has 0 radical (unpaired) electrons. The highest BCUT2D eigenvalue weighted by molar-refractivity contribution is 7.98. The van der Waals surface area contributed by atoms with Gasteiger partial charge in [0.15, 0.2) is 9.84 Å². The fourth-order valence-corrected chi connectivity index (χ4v) is 4.54. The molecule has 1 heterocycles. The first-order valence-electron chi connectivity index (χ1n) is 8.69. The highest BCUT2D eigenvalue weighted by Crippen LogP contribution is 2.31. The van der Waals surface area contributed by atoms with Crippen molar-refractivity contribution in [2.45, 2.75) is 36.7 Å². The topological polar surface area (TPSA) is 72.0 Å². The molecule has 0 aliphatic heterocycles. The lowest BCUT2D eigenvalue weighted by Gasteiger charge is -2.20. The van der Waals surface area contributed by atoms with Crippen LogP contribution in [-0.2, 0) is 9.84 Å². The Hall–Kier alpha value is -2.19. The first-order valence-corrected chi connectivity index (χ1v) is 11.8. The number of aryl methyl sites for hydroxylation is 2. The summed E-state index contributed by atoms with van der Waals surface area (Å²) in [5.41, 5.74) is 4.72. The van der Waals surface area contributed by atoms with E-state index in [1.165, 1.54) is 23.9 Å². The van der Waals surface area contributed by atoms with Crippen LogP contribution in [0.4, 0.5) is 10.1 Å². The maximum Gasteiger partial charge on any atom is 0.177 e. The monoisotopic (exact) mass is 419 g/mol. The van der Waals surface area contributed by atoms with Gasteiger partial charge in [-0.15, -0.1) is 11.8 Å². The van der Waals surface area contributed by atoms with Crippen molar-refractivity contribution in [2.24, 2.45) is 0 Å². The molecule has 148 valence electrons. The van der Waals surface area contributed by atoms with Gasteiger partial charge in [0.2, 0.25) is 0 Å². The molecule has 0 saturated carbocycles. The minimum Gasteiger partial charge on any atom is -0.377 e. The molecule has 1 atom stereocenters. The highest BCUT2D eigenvalue weighted by Gasteiger charge is 2.19.